The first-order valence-corrected chi connectivity index (χ1v) is 6.59. The van der Waals surface area contributed by atoms with E-state index in [0.29, 0.717) is 0 Å². The topological polar surface area (TPSA) is 43.4 Å². The Labute approximate surface area is 119 Å². The third-order valence-electron chi connectivity index (χ3n) is 3.66. The molecule has 0 aliphatic carbocycles. The smallest absolute Gasteiger partial charge is 0.320 e. The van der Waals surface area contributed by atoms with Crippen molar-refractivity contribution in [2.75, 3.05) is 0 Å². The third kappa shape index (κ3) is 2.34. The maximum Gasteiger partial charge on any atom is 0.320 e. The van der Waals surface area contributed by atoms with Crippen LogP contribution in [0.1, 0.15) is 33.3 Å². The van der Waals surface area contributed by atoms with Crippen LogP contribution in [0.3, 0.4) is 0 Å². The first-order chi connectivity index (χ1) is 9.26. The fourth-order valence-corrected chi connectivity index (χ4v) is 2.30. The number of ether oxygens (including phenoxy) is 1. The molecule has 3 nitrogen and oxygen atoms in total. The maximum atomic E-state index is 12.4. The number of ketones is 1. The number of benzene rings is 1. The van der Waals surface area contributed by atoms with Crippen LogP contribution in [-0.2, 0) is 14.3 Å². The van der Waals surface area contributed by atoms with Crippen LogP contribution < -0.4 is 0 Å². The van der Waals surface area contributed by atoms with Gasteiger partial charge in [0.1, 0.15) is 5.41 Å². The SMILES string of the molecule is CC1(C)C(=O)O[C@@H](C#Cc2ccccc2)C(C)(C)C1=O. The van der Waals surface area contributed by atoms with Crippen molar-refractivity contribution >= 4 is 11.8 Å². The summed E-state index contributed by atoms with van der Waals surface area (Å²) in [6.45, 7) is 6.74. The Morgan fingerprint density at radius 3 is 2.25 bits per heavy atom. The van der Waals surface area contributed by atoms with Gasteiger partial charge in [-0.3, -0.25) is 9.59 Å². The summed E-state index contributed by atoms with van der Waals surface area (Å²) in [5.41, 5.74) is -1.08. The van der Waals surface area contributed by atoms with E-state index in [0.717, 1.165) is 5.56 Å². The Hall–Kier alpha value is -2.08. The summed E-state index contributed by atoms with van der Waals surface area (Å²) in [5.74, 6) is 5.24. The zero-order valence-electron chi connectivity index (χ0n) is 12.2. The molecule has 1 aromatic carbocycles. The molecule has 0 unspecified atom stereocenters. The Morgan fingerprint density at radius 1 is 1.05 bits per heavy atom. The lowest BCUT2D eigenvalue weighted by molar-refractivity contribution is -0.180. The van der Waals surface area contributed by atoms with Crippen molar-refractivity contribution < 1.29 is 14.3 Å². The van der Waals surface area contributed by atoms with E-state index in [1.54, 1.807) is 27.7 Å². The van der Waals surface area contributed by atoms with Crippen molar-refractivity contribution in [3.63, 3.8) is 0 Å². The second-order valence-electron chi connectivity index (χ2n) is 6.10. The quantitative estimate of drug-likeness (QED) is 0.413. The largest absolute Gasteiger partial charge is 0.447 e. The molecule has 0 aromatic heterocycles. The van der Waals surface area contributed by atoms with Gasteiger partial charge >= 0.3 is 5.97 Å². The number of rotatable bonds is 0. The number of hydrogen-bond donors (Lipinski definition) is 0. The Bertz CT molecular complexity index is 600. The van der Waals surface area contributed by atoms with Crippen molar-refractivity contribution in [2.45, 2.75) is 33.8 Å². The van der Waals surface area contributed by atoms with E-state index in [2.05, 4.69) is 11.8 Å². The number of cyclic esters (lactones) is 1. The minimum absolute atomic E-state index is 0.131. The maximum absolute atomic E-state index is 12.4. The van der Waals surface area contributed by atoms with Crippen molar-refractivity contribution in [1.29, 1.82) is 0 Å². The van der Waals surface area contributed by atoms with Gasteiger partial charge in [-0.1, -0.05) is 30.0 Å². The first-order valence-electron chi connectivity index (χ1n) is 6.59. The molecule has 1 atom stereocenters. The molecule has 20 heavy (non-hydrogen) atoms. The summed E-state index contributed by atoms with van der Waals surface area (Å²) in [4.78, 5) is 24.4. The summed E-state index contributed by atoms with van der Waals surface area (Å²) >= 11 is 0. The molecule has 0 radical (unpaired) electrons. The van der Waals surface area contributed by atoms with Crippen molar-refractivity contribution in [3.05, 3.63) is 35.9 Å². The zero-order valence-corrected chi connectivity index (χ0v) is 12.2. The van der Waals surface area contributed by atoms with Gasteiger partial charge in [-0.25, -0.2) is 0 Å². The van der Waals surface area contributed by atoms with Gasteiger partial charge in [0.2, 0.25) is 0 Å². The summed E-state index contributed by atoms with van der Waals surface area (Å²) in [6, 6.07) is 9.42. The van der Waals surface area contributed by atoms with Crippen LogP contribution in [0, 0.1) is 22.7 Å². The van der Waals surface area contributed by atoms with Gasteiger partial charge in [0.15, 0.2) is 11.9 Å². The minimum atomic E-state index is -1.10. The van der Waals surface area contributed by atoms with E-state index >= 15 is 0 Å². The Kier molecular flexibility index (Phi) is 3.43. The lowest BCUT2D eigenvalue weighted by Gasteiger charge is -2.40. The number of carbonyl (C=O) groups excluding carboxylic acids is 2. The van der Waals surface area contributed by atoms with E-state index in [4.69, 9.17) is 4.74 Å². The predicted octanol–water partition coefficient (Wildman–Crippen LogP) is 2.59. The van der Waals surface area contributed by atoms with E-state index in [1.165, 1.54) is 0 Å². The molecule has 0 spiro atoms. The highest BCUT2D eigenvalue weighted by atomic mass is 16.5. The summed E-state index contributed by atoms with van der Waals surface area (Å²) < 4.78 is 5.38. The molecule has 3 heteroatoms. The van der Waals surface area contributed by atoms with Gasteiger partial charge in [0, 0.05) is 5.56 Å². The van der Waals surface area contributed by atoms with Crippen molar-refractivity contribution in [1.82, 2.24) is 0 Å². The highest BCUT2D eigenvalue weighted by molar-refractivity contribution is 6.07. The molecule has 1 aliphatic rings. The van der Waals surface area contributed by atoms with E-state index in [1.807, 2.05) is 30.3 Å². The van der Waals surface area contributed by atoms with Gasteiger partial charge in [0.05, 0.1) is 5.41 Å². The van der Waals surface area contributed by atoms with Crippen LogP contribution in [0.5, 0.6) is 0 Å². The van der Waals surface area contributed by atoms with Gasteiger partial charge in [0.25, 0.3) is 0 Å². The average Bonchev–Trinajstić information content (AvgIpc) is 2.41. The molecule has 1 fully saturated rings. The molecule has 2 rings (SSSR count). The summed E-state index contributed by atoms with van der Waals surface area (Å²) in [5, 5.41) is 0. The lowest BCUT2D eigenvalue weighted by atomic mass is 9.68. The van der Waals surface area contributed by atoms with Crippen LogP contribution in [0.15, 0.2) is 30.3 Å². The van der Waals surface area contributed by atoms with Gasteiger partial charge in [-0.05, 0) is 39.8 Å². The zero-order chi connectivity index (χ0) is 15.0. The fourth-order valence-electron chi connectivity index (χ4n) is 2.30. The molecule has 1 aliphatic heterocycles. The molecule has 1 aromatic rings. The lowest BCUT2D eigenvalue weighted by Crippen LogP contribution is -2.55. The molecule has 0 saturated carbocycles. The van der Waals surface area contributed by atoms with Gasteiger partial charge in [-0.2, -0.15) is 0 Å². The second-order valence-corrected chi connectivity index (χ2v) is 6.10. The molecule has 104 valence electrons. The van der Waals surface area contributed by atoms with Crippen LogP contribution in [0.25, 0.3) is 0 Å². The van der Waals surface area contributed by atoms with Crippen LogP contribution in [0.2, 0.25) is 0 Å². The van der Waals surface area contributed by atoms with Gasteiger partial charge < -0.3 is 4.74 Å². The van der Waals surface area contributed by atoms with Gasteiger partial charge in [-0.15, -0.1) is 0 Å². The molecule has 1 saturated heterocycles. The molecule has 0 N–H and O–H groups in total. The van der Waals surface area contributed by atoms with Crippen molar-refractivity contribution in [2.24, 2.45) is 10.8 Å². The molecule has 0 bridgehead atoms. The molecule has 1 heterocycles. The predicted molar refractivity (Wildman–Crippen MR) is 75.8 cm³/mol. The minimum Gasteiger partial charge on any atom is -0.447 e. The van der Waals surface area contributed by atoms with Crippen LogP contribution in [-0.4, -0.2) is 17.9 Å². The highest BCUT2D eigenvalue weighted by Crippen LogP contribution is 2.39. The molecular weight excluding hydrogens is 252 g/mol. The first kappa shape index (κ1) is 14.3. The Balaban J connectivity index is 2.32. The number of Topliss-reactive ketones (excluding diaryl/α,β-unsaturated/α-hetero) is 1. The molecular formula is C17H18O3. The molecule has 0 amide bonds. The number of hydrogen-bond acceptors (Lipinski definition) is 3. The standard InChI is InChI=1S/C17H18O3/c1-16(2)13(11-10-12-8-6-5-7-9-12)20-15(19)17(3,4)14(16)18/h5-9,13H,1-4H3/t13-/m0/s1. The normalized spacial score (nSPS) is 23.5. The van der Waals surface area contributed by atoms with E-state index in [9.17, 15) is 9.59 Å². The summed E-state index contributed by atoms with van der Waals surface area (Å²) in [7, 11) is 0. The monoisotopic (exact) mass is 270 g/mol. The average molecular weight is 270 g/mol. The third-order valence-corrected chi connectivity index (χ3v) is 3.66. The Morgan fingerprint density at radius 2 is 1.65 bits per heavy atom. The van der Waals surface area contributed by atoms with E-state index in [-0.39, 0.29) is 5.78 Å². The number of esters is 1. The summed E-state index contributed by atoms with van der Waals surface area (Å²) in [6.07, 6.45) is -0.712. The number of carbonyl (C=O) groups is 2. The fraction of sp³-hybridized carbons (Fsp3) is 0.412. The van der Waals surface area contributed by atoms with Crippen molar-refractivity contribution in [3.8, 4) is 11.8 Å². The second kappa shape index (κ2) is 4.79. The van der Waals surface area contributed by atoms with Crippen LogP contribution in [0.4, 0.5) is 0 Å². The van der Waals surface area contributed by atoms with Crippen LogP contribution >= 0.6 is 0 Å². The highest BCUT2D eigenvalue weighted by Gasteiger charge is 2.54. The van der Waals surface area contributed by atoms with E-state index < -0.39 is 22.9 Å².